The van der Waals surface area contributed by atoms with Crippen LogP contribution in [0.2, 0.25) is 0 Å². The Hall–Kier alpha value is -1.48. The highest BCUT2D eigenvalue weighted by atomic mass is 32.2. The van der Waals surface area contributed by atoms with Crippen LogP contribution in [0.3, 0.4) is 0 Å². The van der Waals surface area contributed by atoms with E-state index in [0.717, 1.165) is 5.82 Å². The molecule has 2 aromatic rings. The minimum absolute atomic E-state index is 0.155. The Bertz CT molecular complexity index is 567. The molecule has 0 fully saturated rings. The zero-order valence-corrected chi connectivity index (χ0v) is 12.2. The van der Waals surface area contributed by atoms with Crippen LogP contribution < -0.4 is 0 Å². The third kappa shape index (κ3) is 3.51. The van der Waals surface area contributed by atoms with Crippen LogP contribution in [0, 0.1) is 0 Å². The molecule has 0 aliphatic rings. The van der Waals surface area contributed by atoms with Gasteiger partial charge < -0.3 is 9.15 Å². The summed E-state index contributed by atoms with van der Waals surface area (Å²) in [5, 5.41) is 7.62. The highest BCUT2D eigenvalue weighted by molar-refractivity contribution is 8.00. The first-order valence-corrected chi connectivity index (χ1v) is 7.21. The van der Waals surface area contributed by atoms with E-state index < -0.39 is 5.97 Å². The Morgan fingerprint density at radius 3 is 2.89 bits per heavy atom. The number of carbonyl (C=O) groups excluding carboxylic acids is 1. The largest absolute Gasteiger partial charge is 0.459 e. The maximum atomic E-state index is 11.4. The lowest BCUT2D eigenvalue weighted by Gasteiger charge is -1.94. The van der Waals surface area contributed by atoms with E-state index in [0.29, 0.717) is 4.34 Å². The quantitative estimate of drug-likeness (QED) is 0.777. The lowest BCUT2D eigenvalue weighted by molar-refractivity contribution is 0.0475. The molecule has 19 heavy (non-hydrogen) atoms. The zero-order chi connectivity index (χ0) is 13.8. The van der Waals surface area contributed by atoms with Crippen LogP contribution in [0.5, 0.6) is 0 Å². The fourth-order valence-electron chi connectivity index (χ4n) is 1.10. The van der Waals surface area contributed by atoms with Crippen molar-refractivity contribution in [2.24, 2.45) is 0 Å². The van der Waals surface area contributed by atoms with E-state index in [1.807, 2.05) is 13.8 Å². The van der Waals surface area contributed by atoms with E-state index in [9.17, 15) is 4.79 Å². The van der Waals surface area contributed by atoms with Gasteiger partial charge in [0, 0.05) is 17.7 Å². The highest BCUT2D eigenvalue weighted by Gasteiger charge is 2.18. The standard InChI is InChI=1S/C10H12N4O3S2/c1-4-16-8(15)7-12-13-9(17-7)18-10-11-6(5(2)3)14-19-10/h5H,4H2,1-3H3. The molecule has 7 nitrogen and oxygen atoms in total. The van der Waals surface area contributed by atoms with E-state index in [1.54, 1.807) is 6.92 Å². The number of hydrogen-bond acceptors (Lipinski definition) is 9. The number of rotatable bonds is 5. The molecule has 0 saturated carbocycles. The average Bonchev–Trinajstić information content (AvgIpc) is 2.99. The van der Waals surface area contributed by atoms with Crippen LogP contribution in [-0.2, 0) is 4.74 Å². The van der Waals surface area contributed by atoms with Gasteiger partial charge >= 0.3 is 11.9 Å². The summed E-state index contributed by atoms with van der Waals surface area (Å²) in [7, 11) is 0. The molecule has 0 aliphatic heterocycles. The third-order valence-corrected chi connectivity index (χ3v) is 3.58. The number of carbonyl (C=O) groups is 1. The molecule has 2 heterocycles. The van der Waals surface area contributed by atoms with Crippen LogP contribution >= 0.6 is 23.3 Å². The maximum absolute atomic E-state index is 11.4. The number of hydrogen-bond donors (Lipinski definition) is 0. The molecule has 0 aromatic carbocycles. The van der Waals surface area contributed by atoms with Gasteiger partial charge in [0.05, 0.1) is 6.61 Å². The molecular formula is C10H12N4O3S2. The van der Waals surface area contributed by atoms with E-state index >= 15 is 0 Å². The van der Waals surface area contributed by atoms with Crippen molar-refractivity contribution in [3.63, 3.8) is 0 Å². The summed E-state index contributed by atoms with van der Waals surface area (Å²) in [5.41, 5.74) is 0. The molecule has 0 saturated heterocycles. The summed E-state index contributed by atoms with van der Waals surface area (Å²) in [5.74, 6) is 0.265. The molecule has 0 unspecified atom stereocenters. The number of nitrogens with zero attached hydrogens (tertiary/aromatic N) is 4. The molecule has 0 aliphatic carbocycles. The predicted octanol–water partition coefficient (Wildman–Crippen LogP) is 2.37. The second kappa shape index (κ2) is 6.11. The van der Waals surface area contributed by atoms with Gasteiger partial charge in [-0.15, -0.1) is 5.10 Å². The van der Waals surface area contributed by atoms with Crippen molar-refractivity contribution in [2.45, 2.75) is 36.3 Å². The molecule has 0 bridgehead atoms. The molecule has 9 heteroatoms. The molecule has 0 spiro atoms. The number of aromatic nitrogens is 4. The predicted molar refractivity (Wildman–Crippen MR) is 68.4 cm³/mol. The normalized spacial score (nSPS) is 10.9. The van der Waals surface area contributed by atoms with Crippen molar-refractivity contribution in [1.29, 1.82) is 0 Å². The van der Waals surface area contributed by atoms with Gasteiger partial charge in [0.1, 0.15) is 5.82 Å². The van der Waals surface area contributed by atoms with E-state index in [4.69, 9.17) is 9.15 Å². The van der Waals surface area contributed by atoms with Crippen molar-refractivity contribution >= 4 is 29.3 Å². The second-order valence-corrected chi connectivity index (χ2v) is 5.72. The summed E-state index contributed by atoms with van der Waals surface area (Å²) < 4.78 is 14.8. The molecule has 0 radical (unpaired) electrons. The molecule has 0 atom stereocenters. The van der Waals surface area contributed by atoms with Gasteiger partial charge in [0.2, 0.25) is 0 Å². The van der Waals surface area contributed by atoms with Gasteiger partial charge in [0.15, 0.2) is 4.34 Å². The van der Waals surface area contributed by atoms with Crippen molar-refractivity contribution in [1.82, 2.24) is 19.6 Å². The fourth-order valence-corrected chi connectivity index (χ4v) is 2.62. The van der Waals surface area contributed by atoms with Gasteiger partial charge in [-0.1, -0.05) is 18.9 Å². The average molecular weight is 300 g/mol. The molecule has 0 amide bonds. The molecular weight excluding hydrogens is 288 g/mol. The molecule has 2 aromatic heterocycles. The topological polar surface area (TPSA) is 91.0 Å². The number of esters is 1. The van der Waals surface area contributed by atoms with Crippen LogP contribution in [-0.4, -0.2) is 32.1 Å². The number of ether oxygens (including phenoxy) is 1. The molecule has 0 N–H and O–H groups in total. The smallest absolute Gasteiger partial charge is 0.396 e. The third-order valence-electron chi connectivity index (χ3n) is 1.97. The Morgan fingerprint density at radius 1 is 1.47 bits per heavy atom. The second-order valence-electron chi connectivity index (χ2n) is 3.77. The van der Waals surface area contributed by atoms with E-state index in [1.165, 1.54) is 23.3 Å². The van der Waals surface area contributed by atoms with E-state index in [-0.39, 0.29) is 23.6 Å². The van der Waals surface area contributed by atoms with Crippen LogP contribution in [0.4, 0.5) is 0 Å². The maximum Gasteiger partial charge on any atom is 0.396 e. The summed E-state index contributed by atoms with van der Waals surface area (Å²) in [6, 6.07) is 0. The summed E-state index contributed by atoms with van der Waals surface area (Å²) in [4.78, 5) is 15.7. The minimum Gasteiger partial charge on any atom is -0.459 e. The van der Waals surface area contributed by atoms with Gasteiger partial charge in [0.25, 0.3) is 5.22 Å². The molecule has 102 valence electrons. The van der Waals surface area contributed by atoms with Crippen LogP contribution in [0.1, 0.15) is 43.2 Å². The summed E-state index contributed by atoms with van der Waals surface area (Å²) in [6.45, 7) is 6.00. The van der Waals surface area contributed by atoms with Gasteiger partial charge in [-0.2, -0.15) is 4.37 Å². The van der Waals surface area contributed by atoms with Crippen molar-refractivity contribution in [3.05, 3.63) is 11.7 Å². The minimum atomic E-state index is -0.623. The Morgan fingerprint density at radius 2 is 2.26 bits per heavy atom. The van der Waals surface area contributed by atoms with Crippen LogP contribution in [0.15, 0.2) is 14.0 Å². The monoisotopic (exact) mass is 300 g/mol. The summed E-state index contributed by atoms with van der Waals surface area (Å²) >= 11 is 2.44. The Labute approximate surface area is 117 Å². The summed E-state index contributed by atoms with van der Waals surface area (Å²) in [6.07, 6.45) is 0. The van der Waals surface area contributed by atoms with Crippen LogP contribution in [0.25, 0.3) is 0 Å². The zero-order valence-electron chi connectivity index (χ0n) is 10.6. The lowest BCUT2D eigenvalue weighted by Crippen LogP contribution is -2.04. The molecule has 2 rings (SSSR count). The SMILES string of the molecule is CCOC(=O)c1nnc(Sc2nc(C(C)C)ns2)o1. The Kier molecular flexibility index (Phi) is 4.48. The van der Waals surface area contributed by atoms with Gasteiger partial charge in [-0.25, -0.2) is 9.78 Å². The highest BCUT2D eigenvalue weighted by Crippen LogP contribution is 2.29. The van der Waals surface area contributed by atoms with Crippen molar-refractivity contribution in [2.75, 3.05) is 6.61 Å². The van der Waals surface area contributed by atoms with E-state index in [2.05, 4.69) is 19.6 Å². The first-order valence-electron chi connectivity index (χ1n) is 5.62. The first-order chi connectivity index (χ1) is 9.10. The lowest BCUT2D eigenvalue weighted by atomic mass is 10.2. The Balaban J connectivity index is 2.04. The van der Waals surface area contributed by atoms with Gasteiger partial charge in [-0.3, -0.25) is 0 Å². The van der Waals surface area contributed by atoms with Crippen molar-refractivity contribution in [3.8, 4) is 0 Å². The van der Waals surface area contributed by atoms with Crippen molar-refractivity contribution < 1.29 is 13.9 Å². The first kappa shape index (κ1) is 13.9. The fraction of sp³-hybridized carbons (Fsp3) is 0.500. The van der Waals surface area contributed by atoms with Gasteiger partial charge in [-0.05, 0) is 18.5 Å².